The number of benzene rings is 2. The van der Waals surface area contributed by atoms with E-state index in [1.807, 2.05) is 0 Å². The molecular formula is C25H27FN2O5. The predicted molar refractivity (Wildman–Crippen MR) is 120 cm³/mol. The summed E-state index contributed by atoms with van der Waals surface area (Å²) >= 11 is 0. The van der Waals surface area contributed by atoms with Gasteiger partial charge in [-0.05, 0) is 36.8 Å². The van der Waals surface area contributed by atoms with Crippen molar-refractivity contribution in [2.75, 3.05) is 46.5 Å². The molecule has 2 aromatic carbocycles. The van der Waals surface area contributed by atoms with E-state index in [1.165, 1.54) is 36.3 Å². The average Bonchev–Trinajstić information content (AvgIpc) is 3.09. The van der Waals surface area contributed by atoms with Crippen LogP contribution in [0.3, 0.4) is 0 Å². The maximum atomic E-state index is 13.4. The molecule has 2 fully saturated rings. The average molecular weight is 454 g/mol. The summed E-state index contributed by atoms with van der Waals surface area (Å²) in [6, 6.07) is 11.5. The molecule has 0 saturated carbocycles. The van der Waals surface area contributed by atoms with Crippen LogP contribution in [0.15, 0.2) is 54.1 Å². The highest BCUT2D eigenvalue weighted by atomic mass is 19.1. The fraction of sp³-hybridized carbons (Fsp3) is 0.360. The number of hydrogen-bond acceptors (Lipinski definition) is 6. The number of carbonyl (C=O) groups is 2. The van der Waals surface area contributed by atoms with Crippen LogP contribution in [0, 0.1) is 5.82 Å². The summed E-state index contributed by atoms with van der Waals surface area (Å²) in [5.74, 6) is -1.72. The van der Waals surface area contributed by atoms with Gasteiger partial charge in [-0.25, -0.2) is 4.39 Å². The van der Waals surface area contributed by atoms with Gasteiger partial charge in [0.25, 0.3) is 11.7 Å². The third kappa shape index (κ3) is 4.77. The summed E-state index contributed by atoms with van der Waals surface area (Å²) in [5, 5.41) is 11.0. The Morgan fingerprint density at radius 1 is 1.09 bits per heavy atom. The van der Waals surface area contributed by atoms with Crippen LogP contribution in [0.1, 0.15) is 23.6 Å². The summed E-state index contributed by atoms with van der Waals surface area (Å²) in [6.07, 6.45) is 0.662. The Labute approximate surface area is 192 Å². The minimum Gasteiger partial charge on any atom is -0.507 e. The maximum absolute atomic E-state index is 13.4. The second kappa shape index (κ2) is 10.1. The molecule has 2 aliphatic heterocycles. The molecule has 0 spiro atoms. The number of aliphatic hydroxyl groups excluding tert-OH is 1. The first-order chi connectivity index (χ1) is 16.0. The lowest BCUT2D eigenvalue weighted by molar-refractivity contribution is -0.140. The molecule has 0 aliphatic carbocycles. The summed E-state index contributed by atoms with van der Waals surface area (Å²) in [7, 11) is 1.52. The molecular weight excluding hydrogens is 427 g/mol. The maximum Gasteiger partial charge on any atom is 0.295 e. The van der Waals surface area contributed by atoms with Gasteiger partial charge in [0.2, 0.25) is 0 Å². The van der Waals surface area contributed by atoms with Crippen LogP contribution < -0.4 is 4.74 Å². The lowest BCUT2D eigenvalue weighted by Gasteiger charge is -2.29. The molecule has 4 rings (SSSR count). The van der Waals surface area contributed by atoms with Gasteiger partial charge in [-0.2, -0.15) is 0 Å². The zero-order valence-corrected chi connectivity index (χ0v) is 18.5. The van der Waals surface area contributed by atoms with E-state index in [4.69, 9.17) is 9.47 Å². The number of methoxy groups -OCH3 is 1. The molecule has 7 nitrogen and oxygen atoms in total. The fourth-order valence-electron chi connectivity index (χ4n) is 4.38. The lowest BCUT2D eigenvalue weighted by Crippen LogP contribution is -2.39. The number of Topliss-reactive ketones (excluding diaryl/α,β-unsaturated/α-hetero) is 1. The van der Waals surface area contributed by atoms with Crippen molar-refractivity contribution in [2.24, 2.45) is 0 Å². The summed E-state index contributed by atoms with van der Waals surface area (Å²) in [5.41, 5.74) is 0.847. The van der Waals surface area contributed by atoms with Crippen molar-refractivity contribution >= 4 is 17.4 Å². The first kappa shape index (κ1) is 22.9. The third-order valence-corrected chi connectivity index (χ3v) is 6.07. The van der Waals surface area contributed by atoms with Gasteiger partial charge in [0.1, 0.15) is 17.3 Å². The summed E-state index contributed by atoms with van der Waals surface area (Å²) in [4.78, 5) is 29.9. The first-order valence-electron chi connectivity index (χ1n) is 11.0. The number of para-hydroxylation sites is 1. The number of morpholine rings is 1. The molecule has 1 unspecified atom stereocenters. The van der Waals surface area contributed by atoms with Crippen LogP contribution >= 0.6 is 0 Å². The highest BCUT2D eigenvalue weighted by Crippen LogP contribution is 2.42. The summed E-state index contributed by atoms with van der Waals surface area (Å²) in [6.45, 7) is 4.14. The number of rotatable bonds is 7. The Bertz CT molecular complexity index is 1050. The van der Waals surface area contributed by atoms with E-state index in [0.717, 1.165) is 19.6 Å². The molecule has 2 aromatic rings. The molecule has 8 heteroatoms. The normalized spacial score (nSPS) is 20.9. The predicted octanol–water partition coefficient (Wildman–Crippen LogP) is 2.98. The Kier molecular flexibility index (Phi) is 7.05. The number of halogens is 1. The Morgan fingerprint density at radius 3 is 2.48 bits per heavy atom. The van der Waals surface area contributed by atoms with E-state index >= 15 is 0 Å². The quantitative estimate of drug-likeness (QED) is 0.394. The number of ketones is 1. The van der Waals surface area contributed by atoms with E-state index in [2.05, 4.69) is 4.90 Å². The van der Waals surface area contributed by atoms with E-state index in [-0.39, 0.29) is 16.9 Å². The minimum atomic E-state index is -0.809. The van der Waals surface area contributed by atoms with E-state index < -0.39 is 23.5 Å². The molecule has 33 heavy (non-hydrogen) atoms. The second-order valence-corrected chi connectivity index (χ2v) is 8.05. The fourth-order valence-corrected chi connectivity index (χ4v) is 4.38. The smallest absolute Gasteiger partial charge is 0.295 e. The zero-order chi connectivity index (χ0) is 23.4. The van der Waals surface area contributed by atoms with Gasteiger partial charge in [-0.3, -0.25) is 14.5 Å². The van der Waals surface area contributed by atoms with Gasteiger partial charge in [-0.15, -0.1) is 0 Å². The molecule has 1 N–H and O–H groups in total. The van der Waals surface area contributed by atoms with E-state index in [9.17, 15) is 19.1 Å². The molecule has 2 saturated heterocycles. The van der Waals surface area contributed by atoms with Gasteiger partial charge >= 0.3 is 0 Å². The monoisotopic (exact) mass is 454 g/mol. The number of aliphatic hydroxyl groups is 1. The van der Waals surface area contributed by atoms with Gasteiger partial charge in [-0.1, -0.05) is 18.2 Å². The van der Waals surface area contributed by atoms with Gasteiger partial charge in [0.15, 0.2) is 0 Å². The van der Waals surface area contributed by atoms with Crippen LogP contribution in [0.25, 0.3) is 5.76 Å². The van der Waals surface area contributed by atoms with Crippen molar-refractivity contribution in [3.05, 3.63) is 71.0 Å². The largest absolute Gasteiger partial charge is 0.507 e. The lowest BCUT2D eigenvalue weighted by atomic mass is 9.94. The van der Waals surface area contributed by atoms with Crippen molar-refractivity contribution in [3.63, 3.8) is 0 Å². The minimum absolute atomic E-state index is 0.0255. The molecule has 1 atom stereocenters. The first-order valence-corrected chi connectivity index (χ1v) is 11.0. The Morgan fingerprint density at radius 2 is 1.79 bits per heavy atom. The Hall–Kier alpha value is -3.23. The number of ether oxygens (including phenoxy) is 2. The van der Waals surface area contributed by atoms with Crippen molar-refractivity contribution in [2.45, 2.75) is 12.5 Å². The number of carbonyl (C=O) groups excluding carboxylic acids is 2. The van der Waals surface area contributed by atoms with Crippen LogP contribution in [0.4, 0.5) is 4.39 Å². The molecule has 0 bridgehead atoms. The molecule has 0 aromatic heterocycles. The zero-order valence-electron chi connectivity index (χ0n) is 18.5. The number of likely N-dealkylation sites (tertiary alicyclic amines) is 1. The van der Waals surface area contributed by atoms with Gasteiger partial charge in [0.05, 0.1) is 31.9 Å². The van der Waals surface area contributed by atoms with Crippen LogP contribution in [0.2, 0.25) is 0 Å². The van der Waals surface area contributed by atoms with Gasteiger partial charge in [0, 0.05) is 37.3 Å². The van der Waals surface area contributed by atoms with Crippen molar-refractivity contribution < 1.29 is 28.6 Å². The number of nitrogens with zero attached hydrogens (tertiary/aromatic N) is 2. The third-order valence-electron chi connectivity index (χ3n) is 6.07. The van der Waals surface area contributed by atoms with Crippen molar-refractivity contribution in [1.82, 2.24) is 9.80 Å². The number of amides is 1. The van der Waals surface area contributed by atoms with Crippen molar-refractivity contribution in [3.8, 4) is 5.75 Å². The SMILES string of the molecule is COc1ccccc1C1/C(=C(\O)c2ccc(F)cc2)C(=O)C(=O)N1CCCN1CCOCC1. The van der Waals surface area contributed by atoms with Gasteiger partial charge < -0.3 is 19.5 Å². The molecule has 2 heterocycles. The molecule has 2 aliphatic rings. The number of hydrogen-bond donors (Lipinski definition) is 1. The van der Waals surface area contributed by atoms with E-state index in [1.54, 1.807) is 24.3 Å². The highest BCUT2D eigenvalue weighted by molar-refractivity contribution is 6.46. The van der Waals surface area contributed by atoms with E-state index in [0.29, 0.717) is 37.5 Å². The van der Waals surface area contributed by atoms with Crippen LogP contribution in [-0.4, -0.2) is 73.1 Å². The van der Waals surface area contributed by atoms with Crippen LogP contribution in [0.5, 0.6) is 5.75 Å². The molecule has 174 valence electrons. The van der Waals surface area contributed by atoms with Crippen molar-refractivity contribution in [1.29, 1.82) is 0 Å². The Balaban J connectivity index is 1.70. The van der Waals surface area contributed by atoms with Crippen LogP contribution in [-0.2, 0) is 14.3 Å². The highest BCUT2D eigenvalue weighted by Gasteiger charge is 2.46. The second-order valence-electron chi connectivity index (χ2n) is 8.05. The summed E-state index contributed by atoms with van der Waals surface area (Å²) < 4.78 is 24.3. The standard InChI is InChI=1S/C25H27FN2O5/c1-32-20-6-3-2-5-19(20)22-21(23(29)17-7-9-18(26)10-8-17)24(30)25(31)28(22)12-4-11-27-13-15-33-16-14-27/h2-3,5-10,22,29H,4,11-16H2,1H3/b23-21+. The molecule has 0 radical (unpaired) electrons. The topological polar surface area (TPSA) is 79.3 Å². The molecule has 1 amide bonds.